The molecule has 23 heavy (non-hydrogen) atoms. The van der Waals surface area contributed by atoms with Gasteiger partial charge in [0.05, 0.1) is 12.0 Å². The molecule has 0 aliphatic carbocycles. The molecule has 2 aliphatic heterocycles. The number of hydrogen-bond acceptors (Lipinski definition) is 4. The fourth-order valence-electron chi connectivity index (χ4n) is 3.74. The van der Waals surface area contributed by atoms with Gasteiger partial charge in [-0.25, -0.2) is 0 Å². The number of anilines is 1. The number of ether oxygens (including phenoxy) is 1. The molecular formula is C18H27N3O2. The number of carbonyl (C=O) groups is 1. The Labute approximate surface area is 138 Å². The first-order valence-electron chi connectivity index (χ1n) is 8.54. The molecule has 1 aromatic carbocycles. The highest BCUT2D eigenvalue weighted by Crippen LogP contribution is 2.32. The van der Waals surface area contributed by atoms with E-state index in [2.05, 4.69) is 34.5 Å². The molecule has 1 N–H and O–H groups in total. The van der Waals surface area contributed by atoms with Gasteiger partial charge in [-0.3, -0.25) is 4.79 Å². The molecule has 0 spiro atoms. The van der Waals surface area contributed by atoms with Crippen LogP contribution >= 0.6 is 0 Å². The number of carbonyl (C=O) groups excluding carboxylic acids is 1. The molecule has 1 aromatic rings. The second kappa shape index (κ2) is 7.32. The van der Waals surface area contributed by atoms with Gasteiger partial charge in [-0.15, -0.1) is 0 Å². The Morgan fingerprint density at radius 1 is 1.13 bits per heavy atom. The lowest BCUT2D eigenvalue weighted by atomic mass is 9.78. The molecule has 3 rings (SSSR count). The predicted octanol–water partition coefficient (Wildman–Crippen LogP) is 1.35. The minimum atomic E-state index is -0.324. The number of piperidine rings is 1. The Balaban J connectivity index is 1.63. The largest absolute Gasteiger partial charge is 0.384 e. The van der Waals surface area contributed by atoms with Gasteiger partial charge in [-0.05, 0) is 38.1 Å². The maximum absolute atomic E-state index is 13.1. The third kappa shape index (κ3) is 3.51. The average Bonchev–Trinajstić information content (AvgIpc) is 2.63. The van der Waals surface area contributed by atoms with E-state index in [1.54, 1.807) is 7.11 Å². The molecule has 0 aromatic heterocycles. The Bertz CT molecular complexity index is 501. The van der Waals surface area contributed by atoms with Crippen LogP contribution in [0.1, 0.15) is 12.8 Å². The van der Waals surface area contributed by atoms with E-state index in [4.69, 9.17) is 4.74 Å². The lowest BCUT2D eigenvalue weighted by Crippen LogP contribution is -2.56. The summed E-state index contributed by atoms with van der Waals surface area (Å²) in [6.07, 6.45) is 1.75. The highest BCUT2D eigenvalue weighted by molar-refractivity contribution is 5.83. The molecule has 0 bridgehead atoms. The lowest BCUT2D eigenvalue weighted by Gasteiger charge is -2.43. The molecule has 0 atom stereocenters. The summed E-state index contributed by atoms with van der Waals surface area (Å²) in [7, 11) is 1.70. The normalized spacial score (nSPS) is 21.3. The summed E-state index contributed by atoms with van der Waals surface area (Å²) in [6, 6.07) is 10.4. The van der Waals surface area contributed by atoms with Crippen molar-refractivity contribution in [3.05, 3.63) is 30.3 Å². The van der Waals surface area contributed by atoms with E-state index in [0.29, 0.717) is 6.61 Å². The van der Waals surface area contributed by atoms with Crippen molar-refractivity contribution in [2.45, 2.75) is 12.8 Å². The molecule has 0 saturated carbocycles. The monoisotopic (exact) mass is 317 g/mol. The molecule has 126 valence electrons. The van der Waals surface area contributed by atoms with E-state index in [1.165, 1.54) is 5.69 Å². The number of nitrogens with one attached hydrogen (secondary N) is 1. The Kier molecular flexibility index (Phi) is 5.18. The van der Waals surface area contributed by atoms with Crippen LogP contribution in [-0.4, -0.2) is 63.8 Å². The third-order valence-corrected chi connectivity index (χ3v) is 5.12. The van der Waals surface area contributed by atoms with E-state index in [0.717, 1.165) is 52.1 Å². The number of nitrogens with zero attached hydrogens (tertiary/aromatic N) is 2. The minimum Gasteiger partial charge on any atom is -0.384 e. The fraction of sp³-hybridized carbons (Fsp3) is 0.611. The fourth-order valence-corrected chi connectivity index (χ4v) is 3.74. The standard InChI is InChI=1S/C18H27N3O2/c1-23-15-18(7-9-19-10-8-18)17(22)21-13-11-20(12-14-21)16-5-3-2-4-6-16/h2-6,19H,7-15H2,1H3. The van der Waals surface area contributed by atoms with Crippen LogP contribution in [0.2, 0.25) is 0 Å². The number of piperazine rings is 1. The third-order valence-electron chi connectivity index (χ3n) is 5.12. The number of methoxy groups -OCH3 is 1. The van der Waals surface area contributed by atoms with Crippen LogP contribution in [0, 0.1) is 5.41 Å². The first kappa shape index (κ1) is 16.3. The number of benzene rings is 1. The number of rotatable bonds is 4. The molecule has 5 heteroatoms. The van der Waals surface area contributed by atoms with Crippen molar-refractivity contribution in [3.63, 3.8) is 0 Å². The van der Waals surface area contributed by atoms with Gasteiger partial charge < -0.3 is 19.9 Å². The van der Waals surface area contributed by atoms with Crippen LogP contribution in [0.3, 0.4) is 0 Å². The van der Waals surface area contributed by atoms with Gasteiger partial charge in [0.1, 0.15) is 0 Å². The number of amides is 1. The zero-order chi connectivity index (χ0) is 16.1. The number of hydrogen-bond donors (Lipinski definition) is 1. The van der Waals surface area contributed by atoms with Crippen LogP contribution in [0.15, 0.2) is 30.3 Å². The van der Waals surface area contributed by atoms with Gasteiger partial charge >= 0.3 is 0 Å². The number of para-hydroxylation sites is 1. The van der Waals surface area contributed by atoms with Crippen LogP contribution in [0.4, 0.5) is 5.69 Å². The van der Waals surface area contributed by atoms with E-state index >= 15 is 0 Å². The van der Waals surface area contributed by atoms with Gasteiger partial charge in [-0.1, -0.05) is 18.2 Å². The van der Waals surface area contributed by atoms with Gasteiger partial charge in [0.25, 0.3) is 0 Å². The smallest absolute Gasteiger partial charge is 0.231 e. The summed E-state index contributed by atoms with van der Waals surface area (Å²) in [4.78, 5) is 17.5. The van der Waals surface area contributed by atoms with Crippen LogP contribution in [0.5, 0.6) is 0 Å². The van der Waals surface area contributed by atoms with Gasteiger partial charge in [0.2, 0.25) is 5.91 Å². The highest BCUT2D eigenvalue weighted by atomic mass is 16.5. The van der Waals surface area contributed by atoms with Gasteiger partial charge in [-0.2, -0.15) is 0 Å². The van der Waals surface area contributed by atoms with Crippen molar-refractivity contribution >= 4 is 11.6 Å². The van der Waals surface area contributed by atoms with Crippen molar-refractivity contribution in [1.29, 1.82) is 0 Å². The SMILES string of the molecule is COCC1(C(=O)N2CCN(c3ccccc3)CC2)CCNCC1. The zero-order valence-electron chi connectivity index (χ0n) is 14.0. The summed E-state index contributed by atoms with van der Waals surface area (Å²) in [6.45, 7) is 5.73. The molecule has 2 heterocycles. The second-order valence-corrected chi connectivity index (χ2v) is 6.58. The Hall–Kier alpha value is -1.59. The topological polar surface area (TPSA) is 44.8 Å². The van der Waals surface area contributed by atoms with Crippen LogP contribution in [0.25, 0.3) is 0 Å². The Morgan fingerprint density at radius 2 is 1.78 bits per heavy atom. The Morgan fingerprint density at radius 3 is 2.39 bits per heavy atom. The van der Waals surface area contributed by atoms with Gasteiger partial charge in [0.15, 0.2) is 0 Å². The van der Waals surface area contributed by atoms with Crippen molar-refractivity contribution in [1.82, 2.24) is 10.2 Å². The van der Waals surface area contributed by atoms with Crippen LogP contribution in [-0.2, 0) is 9.53 Å². The summed E-state index contributed by atoms with van der Waals surface area (Å²) in [5.74, 6) is 0.286. The first-order valence-corrected chi connectivity index (χ1v) is 8.54. The molecule has 2 fully saturated rings. The van der Waals surface area contributed by atoms with Crippen molar-refractivity contribution in [2.75, 3.05) is 57.9 Å². The molecular weight excluding hydrogens is 290 g/mol. The molecule has 0 radical (unpaired) electrons. The molecule has 0 unspecified atom stereocenters. The molecule has 2 aliphatic rings. The highest BCUT2D eigenvalue weighted by Gasteiger charge is 2.42. The predicted molar refractivity (Wildman–Crippen MR) is 91.6 cm³/mol. The van der Waals surface area contributed by atoms with Crippen molar-refractivity contribution < 1.29 is 9.53 Å². The zero-order valence-corrected chi connectivity index (χ0v) is 14.0. The van der Waals surface area contributed by atoms with E-state index in [1.807, 2.05) is 11.0 Å². The minimum absolute atomic E-state index is 0.286. The summed E-state index contributed by atoms with van der Waals surface area (Å²) < 4.78 is 5.40. The van der Waals surface area contributed by atoms with E-state index in [9.17, 15) is 4.79 Å². The lowest BCUT2D eigenvalue weighted by molar-refractivity contribution is -0.147. The summed E-state index contributed by atoms with van der Waals surface area (Å²) in [5, 5.41) is 3.35. The second-order valence-electron chi connectivity index (χ2n) is 6.58. The first-order chi connectivity index (χ1) is 11.2. The van der Waals surface area contributed by atoms with E-state index in [-0.39, 0.29) is 11.3 Å². The quantitative estimate of drug-likeness (QED) is 0.910. The van der Waals surface area contributed by atoms with E-state index < -0.39 is 0 Å². The average molecular weight is 317 g/mol. The maximum Gasteiger partial charge on any atom is 0.231 e. The molecule has 2 saturated heterocycles. The molecule has 1 amide bonds. The van der Waals surface area contributed by atoms with Crippen molar-refractivity contribution in [2.24, 2.45) is 5.41 Å². The summed E-state index contributed by atoms with van der Waals surface area (Å²) >= 11 is 0. The molecule has 5 nitrogen and oxygen atoms in total. The van der Waals surface area contributed by atoms with Crippen molar-refractivity contribution in [3.8, 4) is 0 Å². The summed E-state index contributed by atoms with van der Waals surface area (Å²) in [5.41, 5.74) is 0.919. The van der Waals surface area contributed by atoms with Gasteiger partial charge in [0, 0.05) is 39.0 Å². The van der Waals surface area contributed by atoms with Crippen LogP contribution < -0.4 is 10.2 Å². The maximum atomic E-state index is 13.1.